The summed E-state index contributed by atoms with van der Waals surface area (Å²) < 4.78 is 0. The number of amides is 1. The fourth-order valence-corrected chi connectivity index (χ4v) is 1.51. The van der Waals surface area contributed by atoms with Crippen molar-refractivity contribution in [3.63, 3.8) is 0 Å². The van der Waals surface area contributed by atoms with Gasteiger partial charge in [-0.05, 0) is 19.1 Å². The van der Waals surface area contributed by atoms with Crippen molar-refractivity contribution in [2.75, 3.05) is 10.6 Å². The molecule has 1 atom stereocenters. The normalized spacial score (nSPS) is 15.3. The van der Waals surface area contributed by atoms with Crippen molar-refractivity contribution < 1.29 is 4.79 Å². The molecule has 0 bridgehead atoms. The monoisotopic (exact) mass is 266 g/mol. The van der Waals surface area contributed by atoms with Gasteiger partial charge in [0.15, 0.2) is 0 Å². The van der Waals surface area contributed by atoms with Crippen molar-refractivity contribution in [3.05, 3.63) is 24.3 Å². The highest BCUT2D eigenvalue weighted by molar-refractivity contribution is 5.96. The summed E-state index contributed by atoms with van der Waals surface area (Å²) in [4.78, 5) is 11.3. The van der Waals surface area contributed by atoms with E-state index in [9.17, 15) is 4.79 Å². The molecule has 1 heterocycles. The SMILES string of the molecule is CC.CC.CC.CC1CC(=O)Nc2ccccc2N1. The van der Waals surface area contributed by atoms with E-state index in [0.717, 1.165) is 11.4 Å². The molecule has 0 saturated heterocycles. The highest BCUT2D eigenvalue weighted by Gasteiger charge is 2.15. The molecule has 2 N–H and O–H groups in total. The second-order valence-corrected chi connectivity index (χ2v) is 3.34. The van der Waals surface area contributed by atoms with Gasteiger partial charge in [-0.2, -0.15) is 0 Å². The van der Waals surface area contributed by atoms with Crippen molar-refractivity contribution in [1.82, 2.24) is 0 Å². The van der Waals surface area contributed by atoms with Gasteiger partial charge in [0, 0.05) is 12.5 Å². The number of anilines is 2. The van der Waals surface area contributed by atoms with Crippen molar-refractivity contribution in [1.29, 1.82) is 0 Å². The third-order valence-corrected chi connectivity index (χ3v) is 2.09. The van der Waals surface area contributed by atoms with Crippen molar-refractivity contribution in [2.24, 2.45) is 0 Å². The summed E-state index contributed by atoms with van der Waals surface area (Å²) in [5.41, 5.74) is 1.87. The average molecular weight is 266 g/mol. The Bertz CT molecular complexity index is 337. The minimum atomic E-state index is 0.0740. The van der Waals surface area contributed by atoms with Crippen LogP contribution in [0.4, 0.5) is 11.4 Å². The van der Waals surface area contributed by atoms with Gasteiger partial charge in [-0.25, -0.2) is 0 Å². The highest BCUT2D eigenvalue weighted by atomic mass is 16.1. The van der Waals surface area contributed by atoms with Crippen LogP contribution in [0, 0.1) is 0 Å². The molecule has 0 aromatic heterocycles. The molecule has 1 amide bonds. The van der Waals surface area contributed by atoms with E-state index in [-0.39, 0.29) is 11.9 Å². The Morgan fingerprint density at radius 1 is 0.947 bits per heavy atom. The quantitative estimate of drug-likeness (QED) is 0.700. The standard InChI is InChI=1S/C10H12N2O.3C2H6/c1-7-6-10(13)12-9-5-3-2-4-8(9)11-7;3*1-2/h2-5,7,11H,6H2,1H3,(H,12,13);3*1-2H3. The molecule has 0 aliphatic carbocycles. The van der Waals surface area contributed by atoms with Crippen molar-refractivity contribution in [2.45, 2.75) is 60.9 Å². The highest BCUT2D eigenvalue weighted by Crippen LogP contribution is 2.24. The van der Waals surface area contributed by atoms with Crippen LogP contribution in [0.25, 0.3) is 0 Å². The van der Waals surface area contributed by atoms with E-state index in [1.807, 2.05) is 72.7 Å². The molecular formula is C16H30N2O. The van der Waals surface area contributed by atoms with Gasteiger partial charge in [0.25, 0.3) is 0 Å². The number of para-hydroxylation sites is 2. The molecule has 0 radical (unpaired) electrons. The molecule has 0 fully saturated rings. The van der Waals surface area contributed by atoms with Gasteiger partial charge in [0.2, 0.25) is 5.91 Å². The summed E-state index contributed by atoms with van der Waals surface area (Å²) in [7, 11) is 0. The second-order valence-electron chi connectivity index (χ2n) is 3.34. The third-order valence-electron chi connectivity index (χ3n) is 2.09. The lowest BCUT2D eigenvalue weighted by Crippen LogP contribution is -2.18. The Morgan fingerprint density at radius 3 is 1.95 bits per heavy atom. The first-order valence-corrected chi connectivity index (χ1v) is 7.41. The number of benzene rings is 1. The maximum absolute atomic E-state index is 11.3. The van der Waals surface area contributed by atoms with E-state index in [2.05, 4.69) is 10.6 Å². The first-order chi connectivity index (χ1) is 9.25. The van der Waals surface area contributed by atoms with Gasteiger partial charge in [-0.15, -0.1) is 0 Å². The Kier molecular flexibility index (Phi) is 13.5. The van der Waals surface area contributed by atoms with Crippen LogP contribution in [-0.4, -0.2) is 11.9 Å². The zero-order valence-electron chi connectivity index (χ0n) is 13.5. The Morgan fingerprint density at radius 2 is 1.42 bits per heavy atom. The lowest BCUT2D eigenvalue weighted by atomic mass is 10.2. The van der Waals surface area contributed by atoms with Crippen LogP contribution in [0.15, 0.2) is 24.3 Å². The first kappa shape index (κ1) is 19.8. The van der Waals surface area contributed by atoms with Crippen LogP contribution in [0.1, 0.15) is 54.9 Å². The lowest BCUT2D eigenvalue weighted by Gasteiger charge is -2.10. The maximum atomic E-state index is 11.3. The van der Waals surface area contributed by atoms with E-state index < -0.39 is 0 Å². The Labute approximate surface area is 118 Å². The number of carbonyl (C=O) groups is 1. The largest absolute Gasteiger partial charge is 0.380 e. The van der Waals surface area contributed by atoms with Crippen LogP contribution in [0.2, 0.25) is 0 Å². The third kappa shape index (κ3) is 7.50. The van der Waals surface area contributed by atoms with Gasteiger partial charge >= 0.3 is 0 Å². The van der Waals surface area contributed by atoms with Crippen LogP contribution < -0.4 is 10.6 Å². The van der Waals surface area contributed by atoms with E-state index in [0.29, 0.717) is 6.42 Å². The molecule has 0 saturated carbocycles. The van der Waals surface area contributed by atoms with Gasteiger partial charge in [0.1, 0.15) is 0 Å². The minimum absolute atomic E-state index is 0.0740. The molecule has 2 rings (SSSR count). The molecule has 0 spiro atoms. The fourth-order valence-electron chi connectivity index (χ4n) is 1.51. The van der Waals surface area contributed by atoms with Crippen molar-refractivity contribution in [3.8, 4) is 0 Å². The predicted octanol–water partition coefficient (Wildman–Crippen LogP) is 4.91. The van der Waals surface area contributed by atoms with Crippen LogP contribution in [-0.2, 0) is 4.79 Å². The summed E-state index contributed by atoms with van der Waals surface area (Å²) in [6.07, 6.45) is 0.522. The maximum Gasteiger partial charge on any atom is 0.226 e. The molecule has 1 aliphatic rings. The van der Waals surface area contributed by atoms with Crippen LogP contribution in [0.3, 0.4) is 0 Å². The van der Waals surface area contributed by atoms with Crippen LogP contribution in [0.5, 0.6) is 0 Å². The Balaban J connectivity index is 0. The summed E-state index contributed by atoms with van der Waals surface area (Å²) in [6.45, 7) is 14.0. The second kappa shape index (κ2) is 12.9. The number of hydrogen-bond acceptors (Lipinski definition) is 2. The molecule has 3 heteroatoms. The van der Waals surface area contributed by atoms with Crippen LogP contribution >= 0.6 is 0 Å². The number of hydrogen-bond donors (Lipinski definition) is 2. The molecule has 1 aromatic rings. The predicted molar refractivity (Wildman–Crippen MR) is 86.8 cm³/mol. The molecule has 1 aromatic carbocycles. The lowest BCUT2D eigenvalue weighted by molar-refractivity contribution is -0.116. The van der Waals surface area contributed by atoms with Gasteiger partial charge in [-0.1, -0.05) is 53.7 Å². The number of carbonyl (C=O) groups excluding carboxylic acids is 1. The smallest absolute Gasteiger partial charge is 0.226 e. The summed E-state index contributed by atoms with van der Waals surface area (Å²) >= 11 is 0. The summed E-state index contributed by atoms with van der Waals surface area (Å²) in [5, 5.41) is 6.12. The minimum Gasteiger partial charge on any atom is -0.380 e. The number of rotatable bonds is 0. The van der Waals surface area contributed by atoms with Gasteiger partial charge in [-0.3, -0.25) is 4.79 Å². The average Bonchev–Trinajstić information content (AvgIpc) is 2.61. The summed E-state index contributed by atoms with van der Waals surface area (Å²) in [5.74, 6) is 0.0740. The molecular weight excluding hydrogens is 236 g/mol. The molecule has 19 heavy (non-hydrogen) atoms. The van der Waals surface area contributed by atoms with Crippen molar-refractivity contribution >= 4 is 17.3 Å². The van der Waals surface area contributed by atoms with E-state index >= 15 is 0 Å². The van der Waals surface area contributed by atoms with E-state index in [1.165, 1.54) is 0 Å². The summed E-state index contributed by atoms with van der Waals surface area (Å²) in [6, 6.07) is 7.94. The molecule has 3 nitrogen and oxygen atoms in total. The topological polar surface area (TPSA) is 41.1 Å². The van der Waals surface area contributed by atoms with Gasteiger partial charge in [0.05, 0.1) is 11.4 Å². The zero-order valence-corrected chi connectivity index (χ0v) is 13.5. The Hall–Kier alpha value is -1.51. The molecule has 110 valence electrons. The van der Waals surface area contributed by atoms with E-state index in [4.69, 9.17) is 0 Å². The fraction of sp³-hybridized carbons (Fsp3) is 0.562. The number of fused-ring (bicyclic) bond motifs is 1. The molecule has 1 unspecified atom stereocenters. The molecule has 1 aliphatic heterocycles. The van der Waals surface area contributed by atoms with E-state index in [1.54, 1.807) is 0 Å². The zero-order chi connectivity index (χ0) is 15.3. The van der Waals surface area contributed by atoms with Gasteiger partial charge < -0.3 is 10.6 Å². The first-order valence-electron chi connectivity index (χ1n) is 7.41. The number of nitrogens with one attached hydrogen (secondary N) is 2.